The maximum atomic E-state index is 5.59. The van der Waals surface area contributed by atoms with Crippen LogP contribution in [0.1, 0.15) is 18.4 Å². The van der Waals surface area contributed by atoms with Crippen molar-refractivity contribution in [1.82, 2.24) is 10.2 Å². The fraction of sp³-hybridized carbons (Fsp3) is 0.714. The van der Waals surface area contributed by atoms with Gasteiger partial charge in [0.15, 0.2) is 0 Å². The van der Waals surface area contributed by atoms with E-state index in [0.717, 1.165) is 23.1 Å². The number of nitrogens with two attached hydrogens (primary N) is 1. The number of anilines is 1. The summed E-state index contributed by atoms with van der Waals surface area (Å²) in [4.78, 5) is 0. The predicted octanol–water partition coefficient (Wildman–Crippen LogP) is 0.996. The molecule has 0 saturated carbocycles. The Morgan fingerprint density at radius 3 is 2.83 bits per heavy atom. The van der Waals surface area contributed by atoms with Crippen molar-refractivity contribution in [2.45, 2.75) is 26.3 Å². The zero-order valence-electron chi connectivity index (χ0n) is 7.37. The Morgan fingerprint density at radius 2 is 2.33 bits per heavy atom. The molecular formula is C7H14N4S. The molecule has 1 atom stereocenters. The molecule has 0 bridgehead atoms. The van der Waals surface area contributed by atoms with Crippen molar-refractivity contribution in [3.05, 3.63) is 5.01 Å². The minimum absolute atomic E-state index is 0.242. The highest BCUT2D eigenvalue weighted by Gasteiger charge is 1.99. The van der Waals surface area contributed by atoms with Crippen LogP contribution in [0.25, 0.3) is 0 Å². The molecule has 1 aromatic rings. The molecule has 1 unspecified atom stereocenters. The topological polar surface area (TPSA) is 63.8 Å². The smallest absolute Gasteiger partial charge is 0.205 e. The van der Waals surface area contributed by atoms with E-state index in [9.17, 15) is 0 Å². The van der Waals surface area contributed by atoms with E-state index in [2.05, 4.69) is 15.5 Å². The standard InChI is InChI=1S/C7H14N4S/c1-5(8)3-4-9-7-11-10-6(2)12-7/h5H,3-4,8H2,1-2H3,(H,9,11). The fourth-order valence-electron chi connectivity index (χ4n) is 0.775. The van der Waals surface area contributed by atoms with Crippen LogP contribution in [0.5, 0.6) is 0 Å². The molecule has 0 aliphatic carbocycles. The number of nitrogens with one attached hydrogen (secondary N) is 1. The Kier molecular flexibility index (Phi) is 3.43. The Hall–Kier alpha value is -0.680. The zero-order chi connectivity index (χ0) is 8.97. The van der Waals surface area contributed by atoms with E-state index < -0.39 is 0 Å². The molecule has 0 fully saturated rings. The normalized spacial score (nSPS) is 12.9. The lowest BCUT2D eigenvalue weighted by molar-refractivity contribution is 0.689. The lowest BCUT2D eigenvalue weighted by atomic mass is 10.2. The average Bonchev–Trinajstić information content (AvgIpc) is 2.35. The van der Waals surface area contributed by atoms with Gasteiger partial charge in [0.05, 0.1) is 0 Å². The van der Waals surface area contributed by atoms with Gasteiger partial charge in [-0.3, -0.25) is 0 Å². The maximum Gasteiger partial charge on any atom is 0.205 e. The van der Waals surface area contributed by atoms with Crippen LogP contribution in [0.15, 0.2) is 0 Å². The van der Waals surface area contributed by atoms with Gasteiger partial charge in [-0.1, -0.05) is 11.3 Å². The van der Waals surface area contributed by atoms with E-state index in [1.165, 1.54) is 0 Å². The summed E-state index contributed by atoms with van der Waals surface area (Å²) in [6.07, 6.45) is 0.957. The largest absolute Gasteiger partial charge is 0.360 e. The van der Waals surface area contributed by atoms with Crippen LogP contribution in [0.2, 0.25) is 0 Å². The van der Waals surface area contributed by atoms with Gasteiger partial charge in [-0.25, -0.2) is 0 Å². The molecule has 5 heteroatoms. The Morgan fingerprint density at radius 1 is 1.58 bits per heavy atom. The first-order valence-corrected chi connectivity index (χ1v) is 4.79. The highest BCUT2D eigenvalue weighted by Crippen LogP contribution is 2.13. The van der Waals surface area contributed by atoms with Crippen molar-refractivity contribution in [3.8, 4) is 0 Å². The van der Waals surface area contributed by atoms with Crippen LogP contribution in [0, 0.1) is 6.92 Å². The van der Waals surface area contributed by atoms with Crippen LogP contribution in [-0.4, -0.2) is 22.8 Å². The molecule has 0 aliphatic rings. The van der Waals surface area contributed by atoms with Gasteiger partial charge in [0.2, 0.25) is 5.13 Å². The van der Waals surface area contributed by atoms with Crippen molar-refractivity contribution in [2.75, 3.05) is 11.9 Å². The zero-order valence-corrected chi connectivity index (χ0v) is 8.19. The SMILES string of the molecule is Cc1nnc(NCCC(C)N)s1. The molecule has 68 valence electrons. The van der Waals surface area contributed by atoms with Gasteiger partial charge in [-0.2, -0.15) is 0 Å². The third kappa shape index (κ3) is 3.15. The fourth-order valence-corrected chi connectivity index (χ4v) is 1.39. The molecule has 1 heterocycles. The molecule has 0 radical (unpaired) electrons. The van der Waals surface area contributed by atoms with Crippen molar-refractivity contribution in [3.63, 3.8) is 0 Å². The Labute approximate surface area is 76.2 Å². The molecule has 4 nitrogen and oxygen atoms in total. The van der Waals surface area contributed by atoms with Crippen molar-refractivity contribution >= 4 is 16.5 Å². The number of aryl methyl sites for hydroxylation is 1. The van der Waals surface area contributed by atoms with Crippen molar-refractivity contribution in [1.29, 1.82) is 0 Å². The van der Waals surface area contributed by atoms with Gasteiger partial charge < -0.3 is 11.1 Å². The van der Waals surface area contributed by atoms with Crippen LogP contribution >= 0.6 is 11.3 Å². The average molecular weight is 186 g/mol. The molecule has 3 N–H and O–H groups in total. The molecule has 12 heavy (non-hydrogen) atoms. The van der Waals surface area contributed by atoms with E-state index in [0.29, 0.717) is 0 Å². The second kappa shape index (κ2) is 4.37. The third-order valence-corrected chi connectivity index (χ3v) is 2.20. The summed E-state index contributed by atoms with van der Waals surface area (Å²) in [7, 11) is 0. The predicted molar refractivity (Wildman–Crippen MR) is 51.4 cm³/mol. The Balaban J connectivity index is 2.24. The van der Waals surface area contributed by atoms with Gasteiger partial charge in [-0.15, -0.1) is 10.2 Å². The van der Waals surface area contributed by atoms with Gasteiger partial charge in [-0.05, 0) is 20.3 Å². The first kappa shape index (κ1) is 9.41. The van der Waals surface area contributed by atoms with Gasteiger partial charge in [0.1, 0.15) is 5.01 Å². The second-order valence-corrected chi connectivity index (χ2v) is 4.00. The van der Waals surface area contributed by atoms with Gasteiger partial charge in [0, 0.05) is 12.6 Å². The summed E-state index contributed by atoms with van der Waals surface area (Å²) in [5.41, 5.74) is 5.59. The molecular weight excluding hydrogens is 172 g/mol. The van der Waals surface area contributed by atoms with Gasteiger partial charge >= 0.3 is 0 Å². The molecule has 0 aliphatic heterocycles. The molecule has 1 aromatic heterocycles. The van der Waals surface area contributed by atoms with E-state index in [4.69, 9.17) is 5.73 Å². The number of aromatic nitrogens is 2. The monoisotopic (exact) mass is 186 g/mol. The second-order valence-electron chi connectivity index (χ2n) is 2.82. The van der Waals surface area contributed by atoms with Crippen LogP contribution < -0.4 is 11.1 Å². The number of rotatable bonds is 4. The molecule has 1 rings (SSSR count). The van der Waals surface area contributed by atoms with Crippen molar-refractivity contribution < 1.29 is 0 Å². The lowest BCUT2D eigenvalue weighted by Gasteiger charge is -2.03. The maximum absolute atomic E-state index is 5.59. The summed E-state index contributed by atoms with van der Waals surface area (Å²) in [6.45, 7) is 4.80. The van der Waals surface area contributed by atoms with Crippen LogP contribution in [0.4, 0.5) is 5.13 Å². The van der Waals surface area contributed by atoms with Crippen LogP contribution in [-0.2, 0) is 0 Å². The number of hydrogen-bond donors (Lipinski definition) is 2. The molecule has 0 saturated heterocycles. The number of hydrogen-bond acceptors (Lipinski definition) is 5. The van der Waals surface area contributed by atoms with E-state index >= 15 is 0 Å². The Bertz CT molecular complexity index is 233. The highest BCUT2D eigenvalue weighted by molar-refractivity contribution is 7.15. The van der Waals surface area contributed by atoms with E-state index in [-0.39, 0.29) is 6.04 Å². The molecule has 0 aromatic carbocycles. The summed E-state index contributed by atoms with van der Waals surface area (Å²) >= 11 is 1.57. The first-order valence-electron chi connectivity index (χ1n) is 3.98. The quantitative estimate of drug-likeness (QED) is 0.736. The minimum Gasteiger partial charge on any atom is -0.360 e. The summed E-state index contributed by atoms with van der Waals surface area (Å²) < 4.78 is 0. The summed E-state index contributed by atoms with van der Waals surface area (Å²) in [5.74, 6) is 0. The van der Waals surface area contributed by atoms with E-state index in [1.807, 2.05) is 13.8 Å². The molecule has 0 amide bonds. The van der Waals surface area contributed by atoms with Crippen LogP contribution in [0.3, 0.4) is 0 Å². The molecule has 0 spiro atoms. The minimum atomic E-state index is 0.242. The lowest BCUT2D eigenvalue weighted by Crippen LogP contribution is -2.19. The summed E-state index contributed by atoms with van der Waals surface area (Å²) in [5, 5.41) is 12.8. The highest BCUT2D eigenvalue weighted by atomic mass is 32.1. The third-order valence-electron chi connectivity index (χ3n) is 1.40. The summed E-state index contributed by atoms with van der Waals surface area (Å²) in [6, 6.07) is 0.242. The first-order chi connectivity index (χ1) is 5.68. The number of nitrogens with zero attached hydrogens (tertiary/aromatic N) is 2. The van der Waals surface area contributed by atoms with E-state index in [1.54, 1.807) is 11.3 Å². The van der Waals surface area contributed by atoms with Gasteiger partial charge in [0.25, 0.3) is 0 Å². The van der Waals surface area contributed by atoms with Crippen molar-refractivity contribution in [2.24, 2.45) is 5.73 Å².